The van der Waals surface area contributed by atoms with Gasteiger partial charge in [-0.15, -0.1) is 0 Å². The number of likely N-dealkylation sites (tertiary alicyclic amines) is 1. The molecule has 0 aliphatic carbocycles. The number of nitrogens with zero attached hydrogens (tertiary/aromatic N) is 6. The summed E-state index contributed by atoms with van der Waals surface area (Å²) in [6, 6.07) is 23.5. The SMILES string of the molecule is NC(N)=C(/C=C(\N)c1ccccc1O)N1CC2CCC(C1)N2c1cccc(OCCN2CCN(C(=O)N3CCN(c4ccc(NC5CCC(=O)NC5=O)cc4)CC3)CC2)c1. The first kappa shape index (κ1) is 40.5. The average Bonchev–Trinajstić information content (AvgIpc) is 3.53. The molecule has 60 heavy (non-hydrogen) atoms. The molecule has 0 saturated carbocycles. The van der Waals surface area contributed by atoms with Gasteiger partial charge in [0.05, 0.1) is 5.70 Å². The van der Waals surface area contributed by atoms with Crippen LogP contribution >= 0.6 is 0 Å². The largest absolute Gasteiger partial charge is 0.507 e. The van der Waals surface area contributed by atoms with Gasteiger partial charge in [0.15, 0.2) is 0 Å². The van der Waals surface area contributed by atoms with Gasteiger partial charge < -0.3 is 56.9 Å². The number of fused-ring (bicyclic) bond motifs is 2. The quantitative estimate of drug-likeness (QED) is 0.122. The number of phenolic OH excluding ortho intramolecular Hbond substituents is 1. The van der Waals surface area contributed by atoms with Gasteiger partial charge in [-0.05, 0) is 73.9 Å². The number of amides is 4. The molecule has 0 spiro atoms. The van der Waals surface area contributed by atoms with Crippen LogP contribution in [0.3, 0.4) is 0 Å². The van der Waals surface area contributed by atoms with E-state index in [0.717, 1.165) is 81.5 Å². The second-order valence-electron chi connectivity index (χ2n) is 16.3. The Labute approximate surface area is 351 Å². The predicted molar refractivity (Wildman–Crippen MR) is 232 cm³/mol. The van der Waals surface area contributed by atoms with E-state index in [2.05, 4.69) is 48.4 Å². The molecule has 9 N–H and O–H groups in total. The molecule has 4 amide bonds. The summed E-state index contributed by atoms with van der Waals surface area (Å²) in [4.78, 5) is 50.3. The van der Waals surface area contributed by atoms with Gasteiger partial charge in [-0.2, -0.15) is 0 Å². The number of nitrogens with one attached hydrogen (secondary N) is 2. The Morgan fingerprint density at radius 2 is 1.48 bits per heavy atom. The van der Waals surface area contributed by atoms with Gasteiger partial charge in [0.2, 0.25) is 11.8 Å². The number of ether oxygens (including phenoxy) is 1. The van der Waals surface area contributed by atoms with Crippen LogP contribution in [0.25, 0.3) is 5.70 Å². The van der Waals surface area contributed by atoms with Crippen LogP contribution in [0, 0.1) is 0 Å². The third-order valence-electron chi connectivity index (χ3n) is 12.4. The summed E-state index contributed by atoms with van der Waals surface area (Å²) in [5.74, 6) is 0.633. The number of piperidine rings is 1. The van der Waals surface area contributed by atoms with Crippen molar-refractivity contribution < 1.29 is 24.2 Å². The molecule has 2 bridgehead atoms. The Morgan fingerprint density at radius 1 is 0.800 bits per heavy atom. The molecule has 3 aromatic carbocycles. The van der Waals surface area contributed by atoms with Gasteiger partial charge >= 0.3 is 6.03 Å². The number of carbonyl (C=O) groups excluding carboxylic acids is 3. The van der Waals surface area contributed by atoms with E-state index in [-0.39, 0.29) is 41.5 Å². The summed E-state index contributed by atoms with van der Waals surface area (Å²) in [6.45, 7) is 8.63. The fourth-order valence-corrected chi connectivity index (χ4v) is 9.17. The predicted octanol–water partition coefficient (Wildman–Crippen LogP) is 2.29. The van der Waals surface area contributed by atoms with E-state index in [9.17, 15) is 19.5 Å². The number of carbonyl (C=O) groups is 3. The number of hydrogen-bond acceptors (Lipinski definition) is 13. The zero-order valence-corrected chi connectivity index (χ0v) is 34.0. The molecule has 0 aromatic heterocycles. The molecule has 16 heteroatoms. The van der Waals surface area contributed by atoms with Crippen molar-refractivity contribution in [3.8, 4) is 11.5 Å². The number of rotatable bonds is 11. The van der Waals surface area contributed by atoms with E-state index >= 15 is 0 Å². The number of benzene rings is 3. The van der Waals surface area contributed by atoms with Crippen molar-refractivity contribution in [3.63, 3.8) is 0 Å². The van der Waals surface area contributed by atoms with E-state index < -0.39 is 6.04 Å². The van der Waals surface area contributed by atoms with E-state index in [1.807, 2.05) is 46.2 Å². The number of aromatic hydroxyl groups is 1. The van der Waals surface area contributed by atoms with Crippen molar-refractivity contribution in [3.05, 3.63) is 96.0 Å². The third-order valence-corrected chi connectivity index (χ3v) is 12.4. The number of imide groups is 1. The molecule has 5 heterocycles. The summed E-state index contributed by atoms with van der Waals surface area (Å²) >= 11 is 0. The number of anilines is 3. The van der Waals surface area contributed by atoms with Crippen LogP contribution in [0.15, 0.2) is 90.4 Å². The highest BCUT2D eigenvalue weighted by atomic mass is 16.5. The van der Waals surface area contributed by atoms with E-state index in [1.54, 1.807) is 24.3 Å². The number of piperazine rings is 3. The first-order valence-corrected chi connectivity index (χ1v) is 21.1. The van der Waals surface area contributed by atoms with Gasteiger partial charge in [0, 0.05) is 125 Å². The van der Waals surface area contributed by atoms with E-state index in [1.165, 1.54) is 0 Å². The second kappa shape index (κ2) is 17.9. The van der Waals surface area contributed by atoms with Gasteiger partial charge in [-0.1, -0.05) is 18.2 Å². The van der Waals surface area contributed by atoms with Crippen molar-refractivity contribution >= 4 is 40.6 Å². The van der Waals surface area contributed by atoms with E-state index in [0.29, 0.717) is 62.6 Å². The summed E-state index contributed by atoms with van der Waals surface area (Å²) in [5, 5.41) is 15.9. The Hall–Kier alpha value is -6.29. The first-order valence-electron chi connectivity index (χ1n) is 21.1. The lowest BCUT2D eigenvalue weighted by molar-refractivity contribution is -0.133. The number of urea groups is 1. The monoisotopic (exact) mass is 819 g/mol. The lowest BCUT2D eigenvalue weighted by Crippen LogP contribution is -2.57. The standard InChI is InChI=1S/C44H57N11O5/c45-37(36-6-1-2-7-40(36)56)27-39(42(46)47)54-28-33-12-13-34(29-54)55(33)32-4-3-5-35(26-32)60-25-24-50-16-18-52(19-17-50)44(59)53-22-20-51(21-23-53)31-10-8-30(9-11-31)48-38-14-15-41(57)49-43(38)58/h1-11,26-27,33-34,38,48,56H,12-25,28-29,45-47H2,(H,49,57,58)/b37-27-. The molecule has 3 unspecified atom stereocenters. The Balaban J connectivity index is 0.762. The minimum atomic E-state index is -0.415. The highest BCUT2D eigenvalue weighted by Gasteiger charge is 2.41. The van der Waals surface area contributed by atoms with Crippen molar-refractivity contribution in [1.29, 1.82) is 0 Å². The smallest absolute Gasteiger partial charge is 0.320 e. The minimum absolute atomic E-state index is 0.104. The van der Waals surface area contributed by atoms with Crippen LogP contribution in [-0.4, -0.2) is 139 Å². The third kappa shape index (κ3) is 9.13. The summed E-state index contributed by atoms with van der Waals surface area (Å²) in [5.41, 5.74) is 23.5. The molecule has 5 saturated heterocycles. The molecule has 5 aliphatic heterocycles. The zero-order valence-electron chi connectivity index (χ0n) is 34.0. The van der Waals surface area contributed by atoms with Crippen LogP contribution < -0.4 is 42.4 Å². The Bertz CT molecular complexity index is 2080. The fourth-order valence-electron chi connectivity index (χ4n) is 9.17. The summed E-state index contributed by atoms with van der Waals surface area (Å²) in [6.07, 6.45) is 4.69. The average molecular weight is 820 g/mol. The van der Waals surface area contributed by atoms with Crippen LogP contribution in [0.5, 0.6) is 11.5 Å². The number of hydrogen-bond donors (Lipinski definition) is 6. The molecule has 318 valence electrons. The molecule has 5 aliphatic rings. The van der Waals surface area contributed by atoms with E-state index in [4.69, 9.17) is 21.9 Å². The van der Waals surface area contributed by atoms with Gasteiger partial charge in [0.25, 0.3) is 0 Å². The lowest BCUT2D eigenvalue weighted by Gasteiger charge is -2.44. The lowest BCUT2D eigenvalue weighted by atomic mass is 10.1. The molecular formula is C44H57N11O5. The highest BCUT2D eigenvalue weighted by molar-refractivity contribution is 6.01. The van der Waals surface area contributed by atoms with Gasteiger partial charge in [-0.3, -0.25) is 19.8 Å². The fraction of sp³-hybridized carbons (Fsp3) is 0.432. The summed E-state index contributed by atoms with van der Waals surface area (Å²) in [7, 11) is 0. The molecule has 3 aromatic rings. The maximum Gasteiger partial charge on any atom is 0.320 e. The topological polar surface area (TPSA) is 202 Å². The molecule has 0 radical (unpaired) electrons. The number of phenols is 1. The Morgan fingerprint density at radius 3 is 2.15 bits per heavy atom. The number of para-hydroxylation sites is 1. The number of nitrogens with two attached hydrogens (primary N) is 3. The van der Waals surface area contributed by atoms with Crippen LogP contribution in [0.2, 0.25) is 0 Å². The summed E-state index contributed by atoms with van der Waals surface area (Å²) < 4.78 is 6.30. The van der Waals surface area contributed by atoms with Gasteiger partial charge in [-0.25, -0.2) is 4.79 Å². The van der Waals surface area contributed by atoms with Crippen molar-refractivity contribution in [2.45, 2.75) is 43.8 Å². The zero-order chi connectivity index (χ0) is 41.8. The normalized spacial score (nSPS) is 22.4. The minimum Gasteiger partial charge on any atom is -0.507 e. The molecule has 16 nitrogen and oxygen atoms in total. The molecule has 5 fully saturated rings. The van der Waals surface area contributed by atoms with Crippen molar-refractivity contribution in [1.82, 2.24) is 24.9 Å². The Kier molecular flexibility index (Phi) is 12.1. The van der Waals surface area contributed by atoms with Crippen molar-refractivity contribution in [2.24, 2.45) is 17.2 Å². The van der Waals surface area contributed by atoms with Crippen molar-refractivity contribution in [2.75, 3.05) is 93.7 Å². The maximum atomic E-state index is 13.5. The van der Waals surface area contributed by atoms with Crippen LogP contribution in [0.4, 0.5) is 21.9 Å². The first-order chi connectivity index (χ1) is 29.1. The molecule has 8 rings (SSSR count). The molecule has 3 atom stereocenters. The highest BCUT2D eigenvalue weighted by Crippen LogP contribution is 2.38. The van der Waals surface area contributed by atoms with Crippen LogP contribution in [0.1, 0.15) is 31.2 Å². The second-order valence-corrected chi connectivity index (χ2v) is 16.3. The number of allylic oxidation sites excluding steroid dienone is 1. The maximum absolute atomic E-state index is 13.5. The molecular weight excluding hydrogens is 763 g/mol. The van der Waals surface area contributed by atoms with Crippen LogP contribution in [-0.2, 0) is 9.59 Å². The van der Waals surface area contributed by atoms with Gasteiger partial charge in [0.1, 0.15) is 30.0 Å².